The minimum atomic E-state index is 0.408. The average Bonchev–Trinajstić information content (AvgIpc) is 4.05. The molecule has 13 rings (SSSR count). The van der Waals surface area contributed by atoms with Crippen molar-refractivity contribution in [2.45, 2.75) is 0 Å². The van der Waals surface area contributed by atoms with Gasteiger partial charge in [-0.2, -0.15) is 5.26 Å². The van der Waals surface area contributed by atoms with E-state index in [0.29, 0.717) is 39.8 Å². The predicted octanol–water partition coefficient (Wildman–Crippen LogP) is 14.5. The van der Waals surface area contributed by atoms with E-state index in [1.165, 1.54) is 0 Å². The van der Waals surface area contributed by atoms with Gasteiger partial charge in [0.15, 0.2) is 17.5 Å². The number of nitrogens with zero attached hydrogens (tertiary/aromatic N) is 6. The summed E-state index contributed by atoms with van der Waals surface area (Å²) in [4.78, 5) is 15.2. The molecule has 7 heteroatoms. The first kappa shape index (κ1) is 36.5. The molecule has 13 aromatic rings. The molecule has 0 fully saturated rings. The molecule has 0 aliphatic carbocycles. The topological polar surface area (TPSA) is 85.5 Å². The van der Waals surface area contributed by atoms with Gasteiger partial charge in [-0.15, -0.1) is 0 Å². The van der Waals surface area contributed by atoms with E-state index < -0.39 is 0 Å². The summed E-state index contributed by atoms with van der Waals surface area (Å²) in [7, 11) is 0. The van der Waals surface area contributed by atoms with E-state index in [9.17, 15) is 5.26 Å². The monoisotopic (exact) mass is 830 g/mol. The van der Waals surface area contributed by atoms with Crippen LogP contribution in [0.3, 0.4) is 0 Å². The van der Waals surface area contributed by atoms with Gasteiger partial charge in [0.1, 0.15) is 17.2 Å². The van der Waals surface area contributed by atoms with Crippen molar-refractivity contribution in [1.82, 2.24) is 24.1 Å². The van der Waals surface area contributed by atoms with Crippen LogP contribution in [-0.4, -0.2) is 24.1 Å². The Kier molecular flexibility index (Phi) is 8.14. The van der Waals surface area contributed by atoms with Crippen molar-refractivity contribution in [3.8, 4) is 62.7 Å². The summed E-state index contributed by atoms with van der Waals surface area (Å²) in [6, 6.07) is 73.2. The Morgan fingerprint density at radius 1 is 0.415 bits per heavy atom. The molecular formula is C58H34N6O. The summed E-state index contributed by atoms with van der Waals surface area (Å²) < 4.78 is 11.7. The lowest BCUT2D eigenvalue weighted by Crippen LogP contribution is -2.04. The van der Waals surface area contributed by atoms with Gasteiger partial charge >= 0.3 is 0 Å². The molecule has 0 saturated heterocycles. The zero-order chi connectivity index (χ0) is 43.0. The van der Waals surface area contributed by atoms with E-state index in [0.717, 1.165) is 88.0 Å². The second kappa shape index (κ2) is 14.5. The molecule has 302 valence electrons. The molecule has 0 saturated carbocycles. The number of hydrogen-bond acceptors (Lipinski definition) is 5. The van der Waals surface area contributed by atoms with E-state index in [2.05, 4.69) is 137 Å². The quantitative estimate of drug-likeness (QED) is 0.167. The van der Waals surface area contributed by atoms with Crippen molar-refractivity contribution in [2.75, 3.05) is 0 Å². The molecule has 0 bridgehead atoms. The Bertz CT molecular complexity index is 3990. The molecule has 0 atom stereocenters. The fraction of sp³-hybridized carbons (Fsp3) is 0. The molecule has 0 N–H and O–H groups in total. The highest BCUT2D eigenvalue weighted by Crippen LogP contribution is 2.49. The van der Waals surface area contributed by atoms with Gasteiger partial charge < -0.3 is 13.6 Å². The van der Waals surface area contributed by atoms with Gasteiger partial charge in [-0.1, -0.05) is 164 Å². The summed E-state index contributed by atoms with van der Waals surface area (Å²) in [5.74, 6) is 1.45. The molecule has 7 nitrogen and oxygen atoms in total. The number of fused-ring (bicyclic) bond motifs is 10. The molecule has 0 amide bonds. The number of hydrogen-bond donors (Lipinski definition) is 0. The van der Waals surface area contributed by atoms with Crippen molar-refractivity contribution in [3.05, 3.63) is 212 Å². The van der Waals surface area contributed by atoms with Crippen molar-refractivity contribution in [1.29, 1.82) is 5.26 Å². The van der Waals surface area contributed by atoms with Crippen LogP contribution in [0.1, 0.15) is 5.56 Å². The van der Waals surface area contributed by atoms with Crippen molar-refractivity contribution < 1.29 is 4.42 Å². The number of nitriles is 1. The maximum absolute atomic E-state index is 11.6. The summed E-state index contributed by atoms with van der Waals surface area (Å²) in [6.45, 7) is 0. The maximum Gasteiger partial charge on any atom is 0.167 e. The van der Waals surface area contributed by atoms with Crippen LogP contribution in [-0.2, 0) is 0 Å². The van der Waals surface area contributed by atoms with Gasteiger partial charge in [0, 0.05) is 43.7 Å². The van der Waals surface area contributed by atoms with Crippen LogP contribution in [0.25, 0.3) is 122 Å². The first-order valence-electron chi connectivity index (χ1n) is 21.6. The molecule has 0 aliphatic rings. The zero-order valence-corrected chi connectivity index (χ0v) is 34.7. The van der Waals surface area contributed by atoms with Crippen LogP contribution in [0, 0.1) is 11.3 Å². The fourth-order valence-electron chi connectivity index (χ4n) is 9.82. The van der Waals surface area contributed by atoms with Gasteiger partial charge in [-0.3, -0.25) is 0 Å². The Labute approximate surface area is 372 Å². The maximum atomic E-state index is 11.6. The normalized spacial score (nSPS) is 11.7. The second-order valence-electron chi connectivity index (χ2n) is 16.2. The van der Waals surface area contributed by atoms with Crippen LogP contribution in [0.15, 0.2) is 211 Å². The summed E-state index contributed by atoms with van der Waals surface area (Å²) in [5, 5.41) is 17.6. The minimum Gasteiger partial charge on any atom is -0.455 e. The van der Waals surface area contributed by atoms with Gasteiger partial charge in [0.25, 0.3) is 0 Å². The summed E-state index contributed by atoms with van der Waals surface area (Å²) in [5.41, 5.74) is 12.1. The lowest BCUT2D eigenvalue weighted by atomic mass is 9.96. The van der Waals surface area contributed by atoms with E-state index >= 15 is 0 Å². The molecule has 0 spiro atoms. The third kappa shape index (κ3) is 5.58. The Morgan fingerprint density at radius 3 is 1.58 bits per heavy atom. The first-order valence-corrected chi connectivity index (χ1v) is 21.6. The smallest absolute Gasteiger partial charge is 0.167 e. The van der Waals surface area contributed by atoms with Crippen LogP contribution < -0.4 is 0 Å². The van der Waals surface area contributed by atoms with E-state index in [1.807, 2.05) is 84.9 Å². The van der Waals surface area contributed by atoms with Crippen LogP contribution >= 0.6 is 0 Å². The van der Waals surface area contributed by atoms with E-state index in [-0.39, 0.29) is 0 Å². The largest absolute Gasteiger partial charge is 0.455 e. The van der Waals surface area contributed by atoms with Gasteiger partial charge in [-0.25, -0.2) is 15.0 Å². The third-order valence-corrected chi connectivity index (χ3v) is 12.6. The minimum absolute atomic E-state index is 0.408. The Hall–Kier alpha value is -9.12. The van der Waals surface area contributed by atoms with Crippen LogP contribution in [0.4, 0.5) is 0 Å². The van der Waals surface area contributed by atoms with Gasteiger partial charge in [-0.05, 0) is 53.6 Å². The lowest BCUT2D eigenvalue weighted by molar-refractivity contribution is 0.669. The number of furan rings is 1. The van der Waals surface area contributed by atoms with E-state index in [4.69, 9.17) is 19.4 Å². The molecule has 9 aromatic carbocycles. The van der Waals surface area contributed by atoms with Crippen molar-refractivity contribution >= 4 is 65.6 Å². The lowest BCUT2D eigenvalue weighted by Gasteiger charge is -2.17. The van der Waals surface area contributed by atoms with Crippen molar-refractivity contribution in [2.24, 2.45) is 0 Å². The molecular weight excluding hydrogens is 797 g/mol. The molecule has 65 heavy (non-hydrogen) atoms. The van der Waals surface area contributed by atoms with Crippen molar-refractivity contribution in [3.63, 3.8) is 0 Å². The highest BCUT2D eigenvalue weighted by Gasteiger charge is 2.29. The number of para-hydroxylation sites is 4. The predicted molar refractivity (Wildman–Crippen MR) is 262 cm³/mol. The summed E-state index contributed by atoms with van der Waals surface area (Å²) >= 11 is 0. The third-order valence-electron chi connectivity index (χ3n) is 12.6. The van der Waals surface area contributed by atoms with Gasteiger partial charge in [0.2, 0.25) is 0 Å². The molecule has 4 aromatic heterocycles. The highest BCUT2D eigenvalue weighted by atomic mass is 16.3. The van der Waals surface area contributed by atoms with Crippen LogP contribution in [0.2, 0.25) is 0 Å². The number of aromatic nitrogens is 5. The van der Waals surface area contributed by atoms with Crippen LogP contribution in [0.5, 0.6) is 0 Å². The first-order chi connectivity index (χ1) is 32.2. The zero-order valence-electron chi connectivity index (χ0n) is 34.7. The van der Waals surface area contributed by atoms with E-state index in [1.54, 1.807) is 0 Å². The number of benzene rings is 9. The molecule has 4 heterocycles. The number of rotatable bonds is 6. The fourth-order valence-corrected chi connectivity index (χ4v) is 9.82. The summed E-state index contributed by atoms with van der Waals surface area (Å²) in [6.07, 6.45) is 0. The van der Waals surface area contributed by atoms with Gasteiger partial charge in [0.05, 0.1) is 44.3 Å². The SMILES string of the molecule is N#Cc1cc(-c2nc(-c3ccccc3)nc(-c3ccccc3)n2)c2oc3ccccc3c2c1-n1c2ccccc2c2cc(-c3ccccc3)c3c4ccccc4n(-c4ccccc4)c3c21. The Morgan fingerprint density at radius 2 is 0.938 bits per heavy atom. The average molecular weight is 831 g/mol. The highest BCUT2D eigenvalue weighted by molar-refractivity contribution is 6.29. The Balaban J connectivity index is 1.22. The second-order valence-corrected chi connectivity index (χ2v) is 16.2. The molecule has 0 aliphatic heterocycles. The molecule has 0 unspecified atom stereocenters. The molecule has 0 radical (unpaired) electrons. The standard InChI is InChI=1S/C58H34N6O/c59-35-39-33-46(58-61-56(37-21-7-2-8-22-37)60-57(62-58)38-23-9-3-10-24-38)55-51(43-29-15-18-32-49(43)65-55)52(39)64-47-30-16-13-27-41(47)45-34-44(36-19-5-1-6-20-36)50-42-28-14-17-31-48(42)63(54(50)53(45)64)40-25-11-4-12-26-40/h1-34H.